The SMILES string of the molecule is O=C1NCCCCCc2ccc3ccn(c3n2)C2(CCCC2)Cn2cc(O)c(=O)c1n2. The maximum absolute atomic E-state index is 12.6. The molecule has 1 fully saturated rings. The molecule has 2 aliphatic rings. The van der Waals surface area contributed by atoms with Crippen molar-refractivity contribution in [3.05, 3.63) is 52.2 Å². The van der Waals surface area contributed by atoms with Crippen LogP contribution in [-0.4, -0.2) is 36.9 Å². The van der Waals surface area contributed by atoms with Gasteiger partial charge in [-0.25, -0.2) is 4.98 Å². The molecule has 0 unspecified atom stereocenters. The first-order valence-corrected chi connectivity index (χ1v) is 11.1. The standard InChI is InChI=1S/C23H27N5O3/c29-18-14-27-15-23(10-3-4-11-23)28-13-9-16-7-8-17(25-21(16)28)6-2-1-5-12-24-22(31)19(26-27)20(18)30/h7-9,13-14,29H,1-6,10-12,15H2,(H,24,31). The third kappa shape index (κ3) is 3.60. The van der Waals surface area contributed by atoms with E-state index in [2.05, 4.69) is 39.4 Å². The highest BCUT2D eigenvalue weighted by molar-refractivity contribution is 5.92. The minimum absolute atomic E-state index is 0.252. The number of nitrogens with zero attached hydrogens (tertiary/aromatic N) is 4. The van der Waals surface area contributed by atoms with Crippen LogP contribution in [0.1, 0.15) is 61.1 Å². The summed E-state index contributed by atoms with van der Waals surface area (Å²) in [5.74, 6) is -0.982. The molecule has 2 N–H and O–H groups in total. The van der Waals surface area contributed by atoms with Gasteiger partial charge in [0.15, 0.2) is 11.4 Å². The molecule has 1 aliphatic carbocycles. The molecule has 0 saturated heterocycles. The van der Waals surface area contributed by atoms with Crippen LogP contribution in [0, 0.1) is 0 Å². The van der Waals surface area contributed by atoms with Gasteiger partial charge >= 0.3 is 0 Å². The number of hydrogen-bond donors (Lipinski definition) is 2. The lowest BCUT2D eigenvalue weighted by atomic mass is 9.97. The summed E-state index contributed by atoms with van der Waals surface area (Å²) in [6.07, 6.45) is 11.1. The Morgan fingerprint density at radius 1 is 1.03 bits per heavy atom. The third-order valence-electron chi connectivity index (χ3n) is 6.65. The summed E-state index contributed by atoms with van der Waals surface area (Å²) >= 11 is 0. The van der Waals surface area contributed by atoms with Crippen molar-refractivity contribution in [1.29, 1.82) is 0 Å². The lowest BCUT2D eigenvalue weighted by molar-refractivity contribution is 0.0942. The van der Waals surface area contributed by atoms with E-state index in [1.807, 2.05) is 0 Å². The van der Waals surface area contributed by atoms with Crippen LogP contribution in [0.3, 0.4) is 0 Å². The summed E-state index contributed by atoms with van der Waals surface area (Å²) in [4.78, 5) is 30.0. The van der Waals surface area contributed by atoms with Gasteiger partial charge in [0.2, 0.25) is 0 Å². The van der Waals surface area contributed by atoms with Gasteiger partial charge in [0.1, 0.15) is 5.65 Å². The zero-order chi connectivity index (χ0) is 21.4. The van der Waals surface area contributed by atoms with Crippen molar-refractivity contribution >= 4 is 16.9 Å². The fourth-order valence-corrected chi connectivity index (χ4v) is 5.03. The first kappa shape index (κ1) is 19.8. The maximum Gasteiger partial charge on any atom is 0.275 e. The molecule has 1 aliphatic heterocycles. The molecule has 1 amide bonds. The Morgan fingerprint density at radius 3 is 2.71 bits per heavy atom. The molecule has 8 heteroatoms. The predicted molar refractivity (Wildman–Crippen MR) is 116 cm³/mol. The average molecular weight is 422 g/mol. The molecule has 1 saturated carbocycles. The van der Waals surface area contributed by atoms with E-state index in [9.17, 15) is 14.7 Å². The predicted octanol–water partition coefficient (Wildman–Crippen LogP) is 2.72. The number of pyridine rings is 1. The van der Waals surface area contributed by atoms with Gasteiger partial charge in [0.25, 0.3) is 11.3 Å². The van der Waals surface area contributed by atoms with Gasteiger partial charge < -0.3 is 15.0 Å². The van der Waals surface area contributed by atoms with Gasteiger partial charge in [-0.2, -0.15) is 5.10 Å². The summed E-state index contributed by atoms with van der Waals surface area (Å²) in [5.41, 5.74) is 0.797. The average Bonchev–Trinajstić information content (AvgIpc) is 3.39. The fourth-order valence-electron chi connectivity index (χ4n) is 5.03. The van der Waals surface area contributed by atoms with Gasteiger partial charge in [-0.15, -0.1) is 0 Å². The zero-order valence-electron chi connectivity index (χ0n) is 17.5. The highest BCUT2D eigenvalue weighted by Crippen LogP contribution is 2.40. The van der Waals surface area contributed by atoms with Gasteiger partial charge in [0, 0.05) is 23.8 Å². The van der Waals surface area contributed by atoms with Crippen LogP contribution in [0.2, 0.25) is 0 Å². The van der Waals surface area contributed by atoms with Crippen molar-refractivity contribution in [2.45, 2.75) is 63.5 Å². The number of aromatic nitrogens is 4. The molecule has 0 radical (unpaired) electrons. The second-order valence-corrected chi connectivity index (χ2v) is 8.79. The van der Waals surface area contributed by atoms with Gasteiger partial charge in [-0.1, -0.05) is 19.3 Å². The number of rotatable bonds is 0. The number of amides is 1. The number of hydrogen-bond acceptors (Lipinski definition) is 5. The highest BCUT2D eigenvalue weighted by atomic mass is 16.3. The van der Waals surface area contributed by atoms with Crippen molar-refractivity contribution in [3.63, 3.8) is 0 Å². The summed E-state index contributed by atoms with van der Waals surface area (Å²) in [6, 6.07) is 6.34. The number of nitrogens with one attached hydrogen (secondary N) is 1. The quantitative estimate of drug-likeness (QED) is 0.581. The number of carbonyl (C=O) groups excluding carboxylic acids is 1. The van der Waals surface area contributed by atoms with Crippen molar-refractivity contribution in [2.75, 3.05) is 6.54 Å². The Balaban J connectivity index is 1.65. The topological polar surface area (TPSA) is 102 Å². The van der Waals surface area contributed by atoms with Crippen LogP contribution in [-0.2, 0) is 18.5 Å². The zero-order valence-corrected chi connectivity index (χ0v) is 17.5. The lowest BCUT2D eigenvalue weighted by Gasteiger charge is -2.32. The van der Waals surface area contributed by atoms with E-state index in [1.165, 1.54) is 6.20 Å². The van der Waals surface area contributed by atoms with Gasteiger partial charge in [-0.05, 0) is 50.3 Å². The van der Waals surface area contributed by atoms with Crippen LogP contribution in [0.4, 0.5) is 0 Å². The molecular formula is C23H27N5O3. The minimum Gasteiger partial charge on any atom is -0.503 e. The van der Waals surface area contributed by atoms with E-state index in [1.54, 1.807) is 4.68 Å². The normalized spacial score (nSPS) is 19.2. The van der Waals surface area contributed by atoms with Crippen molar-refractivity contribution in [3.8, 4) is 5.75 Å². The van der Waals surface area contributed by atoms with Gasteiger partial charge in [0.05, 0.1) is 18.3 Å². The Kier molecular flexibility index (Phi) is 5.00. The number of aromatic hydroxyl groups is 1. The summed E-state index contributed by atoms with van der Waals surface area (Å²) in [5, 5.41) is 18.5. The molecule has 31 heavy (non-hydrogen) atoms. The van der Waals surface area contributed by atoms with E-state index in [-0.39, 0.29) is 11.2 Å². The van der Waals surface area contributed by atoms with Crippen LogP contribution in [0.25, 0.3) is 11.0 Å². The van der Waals surface area contributed by atoms with Crippen LogP contribution >= 0.6 is 0 Å². The summed E-state index contributed by atoms with van der Waals surface area (Å²) in [6.45, 7) is 0.922. The number of carbonyl (C=O) groups is 1. The Bertz CT molecular complexity index is 1190. The molecule has 4 bridgehead atoms. The summed E-state index contributed by atoms with van der Waals surface area (Å²) in [7, 11) is 0. The minimum atomic E-state index is -0.729. The first-order valence-electron chi connectivity index (χ1n) is 11.1. The molecule has 0 atom stereocenters. The molecular weight excluding hydrogens is 394 g/mol. The van der Waals surface area contributed by atoms with Crippen molar-refractivity contribution < 1.29 is 9.90 Å². The Labute approximate surface area is 179 Å². The van der Waals surface area contributed by atoms with E-state index >= 15 is 0 Å². The fraction of sp³-hybridized carbons (Fsp3) is 0.478. The van der Waals surface area contributed by atoms with Crippen LogP contribution in [0.15, 0.2) is 35.4 Å². The van der Waals surface area contributed by atoms with Gasteiger partial charge in [-0.3, -0.25) is 14.3 Å². The second kappa shape index (κ2) is 7.83. The Morgan fingerprint density at radius 2 is 1.87 bits per heavy atom. The van der Waals surface area contributed by atoms with E-state index in [0.717, 1.165) is 68.1 Å². The largest absolute Gasteiger partial charge is 0.503 e. The third-order valence-corrected chi connectivity index (χ3v) is 6.65. The van der Waals surface area contributed by atoms with Crippen molar-refractivity contribution in [2.24, 2.45) is 0 Å². The van der Waals surface area contributed by atoms with E-state index in [4.69, 9.17) is 4.98 Å². The van der Waals surface area contributed by atoms with E-state index < -0.39 is 17.1 Å². The lowest BCUT2D eigenvalue weighted by Crippen LogP contribution is -2.38. The van der Waals surface area contributed by atoms with E-state index in [0.29, 0.717) is 13.1 Å². The molecule has 5 rings (SSSR count). The van der Waals surface area contributed by atoms with Crippen molar-refractivity contribution in [1.82, 2.24) is 24.6 Å². The molecule has 162 valence electrons. The number of aryl methyl sites for hydroxylation is 1. The summed E-state index contributed by atoms with van der Waals surface area (Å²) < 4.78 is 3.81. The maximum atomic E-state index is 12.6. The molecule has 8 nitrogen and oxygen atoms in total. The molecule has 3 aromatic rings. The second-order valence-electron chi connectivity index (χ2n) is 8.79. The van der Waals surface area contributed by atoms with Crippen LogP contribution < -0.4 is 10.7 Å². The monoisotopic (exact) mass is 421 g/mol. The molecule has 3 aromatic heterocycles. The molecule has 0 aromatic carbocycles. The smallest absolute Gasteiger partial charge is 0.275 e. The highest BCUT2D eigenvalue weighted by Gasteiger charge is 2.37. The Hall–Kier alpha value is -3.16. The van der Waals surface area contributed by atoms with Crippen LogP contribution in [0.5, 0.6) is 5.75 Å². The number of fused-ring (bicyclic) bond motifs is 4. The first-order chi connectivity index (χ1) is 15.1. The molecule has 4 heterocycles. The molecule has 1 spiro atoms.